The van der Waals surface area contributed by atoms with Gasteiger partial charge >= 0.3 is 12.4 Å². The van der Waals surface area contributed by atoms with E-state index in [0.29, 0.717) is 24.1 Å². The van der Waals surface area contributed by atoms with Gasteiger partial charge in [0.05, 0.1) is 17.7 Å². The zero-order chi connectivity index (χ0) is 25.1. The minimum Gasteiger partial charge on any atom is -0.475 e. The normalized spacial score (nSPS) is 11.7. The fourth-order valence-corrected chi connectivity index (χ4v) is 3.03. The summed E-state index contributed by atoms with van der Waals surface area (Å²) < 4.78 is 84.6. The van der Waals surface area contributed by atoms with Crippen LogP contribution in [0, 0.1) is 11.8 Å². The van der Waals surface area contributed by atoms with Crippen molar-refractivity contribution < 1.29 is 31.1 Å². The van der Waals surface area contributed by atoms with Gasteiger partial charge < -0.3 is 4.74 Å². The SMILES string of the molecule is FC(F)(F)c1cc(C#Cc2nc3ncccc3nc2OCCc2cccnc2)cc(C(F)(F)F)c1. The summed E-state index contributed by atoms with van der Waals surface area (Å²) in [4.78, 5) is 16.6. The molecule has 0 radical (unpaired) electrons. The standard InChI is InChI=1S/C24H14F6N4O/c25-23(26,27)17-11-16(12-18(13-17)24(28,29)30)5-6-20-22(34-19-4-2-9-32-21(19)33-20)35-10-7-15-3-1-8-31-14-15/h1-4,8-9,11-14H,7,10H2. The highest BCUT2D eigenvalue weighted by atomic mass is 19.4. The van der Waals surface area contributed by atoms with Crippen LogP contribution >= 0.6 is 0 Å². The van der Waals surface area contributed by atoms with Crippen LogP contribution in [0.3, 0.4) is 0 Å². The molecular weight excluding hydrogens is 474 g/mol. The van der Waals surface area contributed by atoms with Gasteiger partial charge in [-0.05, 0) is 47.9 Å². The number of fused-ring (bicyclic) bond motifs is 1. The van der Waals surface area contributed by atoms with Gasteiger partial charge in [-0.25, -0.2) is 15.0 Å². The average molecular weight is 488 g/mol. The summed E-state index contributed by atoms with van der Waals surface area (Å²) in [5.74, 6) is 4.80. The molecule has 5 nitrogen and oxygen atoms in total. The Bertz CT molecular complexity index is 1380. The second-order valence-electron chi connectivity index (χ2n) is 7.23. The summed E-state index contributed by atoms with van der Waals surface area (Å²) in [5.41, 5.74) is -2.03. The third kappa shape index (κ3) is 6.03. The number of halogens is 6. The van der Waals surface area contributed by atoms with E-state index in [1.54, 1.807) is 30.6 Å². The molecule has 0 aliphatic heterocycles. The number of hydrogen-bond donors (Lipinski definition) is 0. The largest absolute Gasteiger partial charge is 0.475 e. The number of benzene rings is 1. The third-order valence-corrected chi connectivity index (χ3v) is 4.67. The summed E-state index contributed by atoms with van der Waals surface area (Å²) in [6, 6.07) is 7.98. The molecule has 35 heavy (non-hydrogen) atoms. The highest BCUT2D eigenvalue weighted by molar-refractivity contribution is 5.71. The summed E-state index contributed by atoms with van der Waals surface area (Å²) >= 11 is 0. The monoisotopic (exact) mass is 488 g/mol. The minimum absolute atomic E-state index is 0.0232. The van der Waals surface area contributed by atoms with Crippen LogP contribution in [0.2, 0.25) is 0 Å². The van der Waals surface area contributed by atoms with Crippen molar-refractivity contribution in [1.82, 2.24) is 19.9 Å². The molecule has 11 heteroatoms. The van der Waals surface area contributed by atoms with Crippen LogP contribution in [0.15, 0.2) is 61.1 Å². The van der Waals surface area contributed by atoms with Crippen LogP contribution in [0.1, 0.15) is 27.9 Å². The second kappa shape index (κ2) is 9.58. The molecule has 0 saturated heterocycles. The molecule has 0 bridgehead atoms. The van der Waals surface area contributed by atoms with E-state index in [1.807, 2.05) is 6.07 Å². The van der Waals surface area contributed by atoms with E-state index in [-0.39, 0.29) is 29.9 Å². The molecule has 3 aromatic heterocycles. The van der Waals surface area contributed by atoms with Crippen LogP contribution in [0.5, 0.6) is 5.88 Å². The van der Waals surface area contributed by atoms with E-state index < -0.39 is 29.0 Å². The molecule has 3 heterocycles. The van der Waals surface area contributed by atoms with E-state index in [0.717, 1.165) is 5.56 Å². The third-order valence-electron chi connectivity index (χ3n) is 4.67. The summed E-state index contributed by atoms with van der Waals surface area (Å²) in [6.45, 7) is 0.155. The number of hydrogen-bond acceptors (Lipinski definition) is 5. The number of ether oxygens (including phenoxy) is 1. The Morgan fingerprint density at radius 2 is 1.54 bits per heavy atom. The highest BCUT2D eigenvalue weighted by Gasteiger charge is 2.36. The summed E-state index contributed by atoms with van der Waals surface area (Å²) in [5, 5.41) is 0. The second-order valence-corrected chi connectivity index (χ2v) is 7.23. The Labute approximate surface area is 194 Å². The molecule has 0 N–H and O–H groups in total. The first kappa shape index (κ1) is 23.9. The van der Waals surface area contributed by atoms with Crippen molar-refractivity contribution in [2.75, 3.05) is 6.61 Å². The van der Waals surface area contributed by atoms with Gasteiger partial charge in [-0.1, -0.05) is 12.0 Å². The molecule has 0 aliphatic rings. The van der Waals surface area contributed by atoms with Crippen molar-refractivity contribution in [1.29, 1.82) is 0 Å². The summed E-state index contributed by atoms with van der Waals surface area (Å²) in [6.07, 6.45) is -4.75. The Balaban J connectivity index is 1.71. The van der Waals surface area contributed by atoms with Gasteiger partial charge in [0.2, 0.25) is 5.88 Å². The Kier molecular flexibility index (Phi) is 6.55. The van der Waals surface area contributed by atoms with E-state index >= 15 is 0 Å². The fourth-order valence-electron chi connectivity index (χ4n) is 3.03. The topological polar surface area (TPSA) is 60.8 Å². The predicted octanol–water partition coefficient (Wildman–Crippen LogP) is 5.48. The Hall–Kier alpha value is -4.20. The lowest BCUT2D eigenvalue weighted by atomic mass is 10.0. The Morgan fingerprint density at radius 1 is 0.829 bits per heavy atom. The van der Waals surface area contributed by atoms with Gasteiger partial charge in [-0.3, -0.25) is 4.98 Å². The van der Waals surface area contributed by atoms with Crippen LogP contribution in [0.25, 0.3) is 11.2 Å². The molecule has 0 spiro atoms. The molecule has 0 amide bonds. The maximum absolute atomic E-state index is 13.1. The van der Waals surface area contributed by atoms with Gasteiger partial charge in [-0.2, -0.15) is 26.3 Å². The van der Waals surface area contributed by atoms with Gasteiger partial charge in [0.25, 0.3) is 0 Å². The number of alkyl halides is 6. The van der Waals surface area contributed by atoms with E-state index in [2.05, 4.69) is 31.8 Å². The van der Waals surface area contributed by atoms with Crippen molar-refractivity contribution in [2.45, 2.75) is 18.8 Å². The number of nitrogens with zero attached hydrogens (tertiary/aromatic N) is 4. The molecule has 0 atom stereocenters. The maximum Gasteiger partial charge on any atom is 0.416 e. The van der Waals surface area contributed by atoms with Crippen molar-refractivity contribution in [3.05, 3.63) is 89.0 Å². The Morgan fingerprint density at radius 3 is 2.20 bits per heavy atom. The number of aromatic nitrogens is 4. The first-order valence-corrected chi connectivity index (χ1v) is 10.1. The quantitative estimate of drug-likeness (QED) is 0.281. The van der Waals surface area contributed by atoms with Crippen LogP contribution in [0.4, 0.5) is 26.3 Å². The van der Waals surface area contributed by atoms with E-state index in [1.165, 1.54) is 6.20 Å². The minimum atomic E-state index is -4.98. The zero-order valence-corrected chi connectivity index (χ0v) is 17.7. The molecule has 0 saturated carbocycles. The van der Waals surface area contributed by atoms with Crippen LogP contribution in [-0.2, 0) is 18.8 Å². The first-order valence-electron chi connectivity index (χ1n) is 10.1. The van der Waals surface area contributed by atoms with Gasteiger partial charge in [0.15, 0.2) is 11.3 Å². The lowest BCUT2D eigenvalue weighted by Gasteiger charge is -2.12. The van der Waals surface area contributed by atoms with Gasteiger partial charge in [0.1, 0.15) is 5.52 Å². The smallest absolute Gasteiger partial charge is 0.416 e. The van der Waals surface area contributed by atoms with Crippen molar-refractivity contribution in [2.24, 2.45) is 0 Å². The number of pyridine rings is 2. The molecule has 178 valence electrons. The van der Waals surface area contributed by atoms with E-state index in [9.17, 15) is 26.3 Å². The first-order chi connectivity index (χ1) is 16.6. The molecule has 4 rings (SSSR count). The van der Waals surface area contributed by atoms with E-state index in [4.69, 9.17) is 4.74 Å². The van der Waals surface area contributed by atoms with Gasteiger partial charge in [-0.15, -0.1) is 0 Å². The fraction of sp³-hybridized carbons (Fsp3) is 0.167. The lowest BCUT2D eigenvalue weighted by Crippen LogP contribution is -2.11. The molecule has 0 aliphatic carbocycles. The highest BCUT2D eigenvalue weighted by Crippen LogP contribution is 2.36. The molecule has 1 aromatic carbocycles. The molecule has 4 aromatic rings. The van der Waals surface area contributed by atoms with Gasteiger partial charge in [0, 0.05) is 30.6 Å². The zero-order valence-electron chi connectivity index (χ0n) is 17.7. The average Bonchev–Trinajstić information content (AvgIpc) is 2.82. The molecule has 0 unspecified atom stereocenters. The summed E-state index contributed by atoms with van der Waals surface area (Å²) in [7, 11) is 0. The van der Waals surface area contributed by atoms with Crippen molar-refractivity contribution in [3.63, 3.8) is 0 Å². The van der Waals surface area contributed by atoms with Crippen LogP contribution < -0.4 is 4.74 Å². The van der Waals surface area contributed by atoms with Crippen molar-refractivity contribution >= 4 is 11.2 Å². The van der Waals surface area contributed by atoms with Crippen LogP contribution in [-0.4, -0.2) is 26.5 Å². The molecular formula is C24H14F6N4O. The van der Waals surface area contributed by atoms with Crippen molar-refractivity contribution in [3.8, 4) is 17.7 Å². The predicted molar refractivity (Wildman–Crippen MR) is 113 cm³/mol. The number of rotatable bonds is 4. The maximum atomic E-state index is 13.1. The lowest BCUT2D eigenvalue weighted by molar-refractivity contribution is -0.143. The molecule has 0 fully saturated rings.